The molecule has 0 bridgehead atoms. The molecule has 2 aliphatic heterocycles. The summed E-state index contributed by atoms with van der Waals surface area (Å²) in [5.74, 6) is 0.825. The van der Waals surface area contributed by atoms with Crippen LogP contribution < -0.4 is 5.32 Å². The van der Waals surface area contributed by atoms with E-state index in [1.54, 1.807) is 0 Å². The van der Waals surface area contributed by atoms with Crippen molar-refractivity contribution < 1.29 is 0 Å². The quantitative estimate of drug-likeness (QED) is 0.773. The van der Waals surface area contributed by atoms with Gasteiger partial charge in [0.15, 0.2) is 0 Å². The minimum atomic E-state index is 0.825. The first kappa shape index (κ1) is 12.3. The van der Waals surface area contributed by atoms with Crippen molar-refractivity contribution in [2.75, 3.05) is 45.8 Å². The fourth-order valence-corrected chi connectivity index (χ4v) is 3.18. The average molecular weight is 225 g/mol. The van der Waals surface area contributed by atoms with Crippen LogP contribution in [0.15, 0.2) is 0 Å². The van der Waals surface area contributed by atoms with Crippen LogP contribution >= 0.6 is 0 Å². The fourth-order valence-electron chi connectivity index (χ4n) is 3.18. The van der Waals surface area contributed by atoms with Gasteiger partial charge in [0.2, 0.25) is 0 Å². The largest absolute Gasteiger partial charge is 0.316 e. The average Bonchev–Trinajstić information content (AvgIpc) is 2.31. The molecule has 0 aromatic heterocycles. The minimum absolute atomic E-state index is 0.825. The van der Waals surface area contributed by atoms with Crippen LogP contribution in [0.2, 0.25) is 0 Å². The lowest BCUT2D eigenvalue weighted by molar-refractivity contribution is 0.0593. The van der Waals surface area contributed by atoms with E-state index in [1.165, 1.54) is 58.7 Å². The van der Waals surface area contributed by atoms with Gasteiger partial charge < -0.3 is 10.2 Å². The molecule has 0 amide bonds. The Hall–Kier alpha value is -0.120. The van der Waals surface area contributed by atoms with Gasteiger partial charge in [-0.2, -0.15) is 0 Å². The molecule has 0 aromatic carbocycles. The molecular weight excluding hydrogens is 198 g/mol. The summed E-state index contributed by atoms with van der Waals surface area (Å²) in [4.78, 5) is 5.35. The van der Waals surface area contributed by atoms with Gasteiger partial charge in [0.05, 0.1) is 0 Å². The molecule has 3 heteroatoms. The molecule has 2 heterocycles. The third-order valence-electron chi connectivity index (χ3n) is 4.16. The normalized spacial score (nSPS) is 34.1. The molecule has 94 valence electrons. The van der Waals surface area contributed by atoms with E-state index in [9.17, 15) is 0 Å². The van der Waals surface area contributed by atoms with Gasteiger partial charge in [0.1, 0.15) is 0 Å². The molecule has 2 atom stereocenters. The fraction of sp³-hybridized carbons (Fsp3) is 1.00. The Labute approximate surface area is 100 Å². The third kappa shape index (κ3) is 2.96. The number of nitrogens with one attached hydrogen (secondary N) is 1. The van der Waals surface area contributed by atoms with E-state index in [0.29, 0.717) is 0 Å². The first-order chi connectivity index (χ1) is 7.81. The predicted octanol–water partition coefficient (Wildman–Crippen LogP) is 1.01. The zero-order valence-corrected chi connectivity index (χ0v) is 10.9. The standard InChI is InChI=1S/C13H27N3/c1-3-6-15-7-9-16(10-8-15)13-4-5-14-11-12(13)2/h12-14H,3-11H2,1-2H3. The Morgan fingerprint density at radius 1 is 1.19 bits per heavy atom. The van der Waals surface area contributed by atoms with E-state index >= 15 is 0 Å². The summed E-state index contributed by atoms with van der Waals surface area (Å²) in [6.45, 7) is 13.5. The highest BCUT2D eigenvalue weighted by Gasteiger charge is 2.29. The van der Waals surface area contributed by atoms with E-state index in [2.05, 4.69) is 29.0 Å². The Morgan fingerprint density at radius 3 is 2.56 bits per heavy atom. The van der Waals surface area contributed by atoms with E-state index in [0.717, 1.165) is 12.0 Å². The highest BCUT2D eigenvalue weighted by atomic mass is 15.3. The van der Waals surface area contributed by atoms with Gasteiger partial charge in [-0.05, 0) is 38.4 Å². The molecular formula is C13H27N3. The van der Waals surface area contributed by atoms with Gasteiger partial charge >= 0.3 is 0 Å². The second-order valence-electron chi connectivity index (χ2n) is 5.42. The van der Waals surface area contributed by atoms with E-state index in [-0.39, 0.29) is 0 Å². The summed E-state index contributed by atoms with van der Waals surface area (Å²) >= 11 is 0. The van der Waals surface area contributed by atoms with E-state index in [1.807, 2.05) is 0 Å². The molecule has 0 spiro atoms. The van der Waals surface area contributed by atoms with Crippen molar-refractivity contribution in [1.29, 1.82) is 0 Å². The lowest BCUT2D eigenvalue weighted by Crippen LogP contribution is -2.55. The van der Waals surface area contributed by atoms with Crippen LogP contribution in [0.3, 0.4) is 0 Å². The topological polar surface area (TPSA) is 18.5 Å². The Morgan fingerprint density at radius 2 is 1.94 bits per heavy atom. The zero-order valence-electron chi connectivity index (χ0n) is 10.9. The number of piperidine rings is 1. The summed E-state index contributed by atoms with van der Waals surface area (Å²) < 4.78 is 0. The molecule has 2 aliphatic rings. The minimum Gasteiger partial charge on any atom is -0.316 e. The van der Waals surface area contributed by atoms with Gasteiger partial charge in [-0.3, -0.25) is 4.90 Å². The molecule has 1 N–H and O–H groups in total. The van der Waals surface area contributed by atoms with Crippen LogP contribution in [-0.4, -0.2) is 61.7 Å². The van der Waals surface area contributed by atoms with Crippen molar-refractivity contribution in [1.82, 2.24) is 15.1 Å². The molecule has 0 saturated carbocycles. The number of nitrogens with zero attached hydrogens (tertiary/aromatic N) is 2. The molecule has 3 nitrogen and oxygen atoms in total. The maximum absolute atomic E-state index is 3.50. The molecule has 2 fully saturated rings. The first-order valence-corrected chi connectivity index (χ1v) is 6.98. The number of piperazine rings is 1. The highest BCUT2D eigenvalue weighted by molar-refractivity contribution is 4.85. The van der Waals surface area contributed by atoms with Crippen molar-refractivity contribution in [3.05, 3.63) is 0 Å². The van der Waals surface area contributed by atoms with Crippen LogP contribution in [0.25, 0.3) is 0 Å². The van der Waals surface area contributed by atoms with Crippen LogP contribution in [0.1, 0.15) is 26.7 Å². The van der Waals surface area contributed by atoms with Crippen molar-refractivity contribution in [3.63, 3.8) is 0 Å². The second-order valence-corrected chi connectivity index (χ2v) is 5.42. The summed E-state index contributed by atoms with van der Waals surface area (Å²) in [7, 11) is 0. The van der Waals surface area contributed by atoms with Crippen LogP contribution in [0.5, 0.6) is 0 Å². The van der Waals surface area contributed by atoms with E-state index in [4.69, 9.17) is 0 Å². The molecule has 2 saturated heterocycles. The molecule has 0 radical (unpaired) electrons. The smallest absolute Gasteiger partial charge is 0.0146 e. The molecule has 0 aliphatic carbocycles. The van der Waals surface area contributed by atoms with Gasteiger partial charge in [0, 0.05) is 32.2 Å². The zero-order chi connectivity index (χ0) is 11.4. The Balaban J connectivity index is 1.79. The van der Waals surface area contributed by atoms with Crippen molar-refractivity contribution in [2.24, 2.45) is 5.92 Å². The maximum atomic E-state index is 3.50. The summed E-state index contributed by atoms with van der Waals surface area (Å²) in [6, 6.07) is 0.838. The second kappa shape index (κ2) is 5.99. The SMILES string of the molecule is CCCN1CCN(C2CCNCC2C)CC1. The van der Waals surface area contributed by atoms with Crippen molar-refractivity contribution in [2.45, 2.75) is 32.7 Å². The molecule has 0 aromatic rings. The van der Waals surface area contributed by atoms with Gasteiger partial charge in [-0.25, -0.2) is 0 Å². The summed E-state index contributed by atoms with van der Waals surface area (Å²) in [5, 5.41) is 3.50. The lowest BCUT2D eigenvalue weighted by Gasteiger charge is -2.43. The number of rotatable bonds is 3. The molecule has 2 rings (SSSR count). The third-order valence-corrected chi connectivity index (χ3v) is 4.16. The summed E-state index contributed by atoms with van der Waals surface area (Å²) in [5.41, 5.74) is 0. The van der Waals surface area contributed by atoms with Crippen LogP contribution in [-0.2, 0) is 0 Å². The molecule has 16 heavy (non-hydrogen) atoms. The summed E-state index contributed by atoms with van der Waals surface area (Å²) in [6.07, 6.45) is 2.64. The molecule has 2 unspecified atom stereocenters. The van der Waals surface area contributed by atoms with Gasteiger partial charge in [-0.15, -0.1) is 0 Å². The predicted molar refractivity (Wildman–Crippen MR) is 68.7 cm³/mol. The first-order valence-electron chi connectivity index (χ1n) is 6.98. The Kier molecular flexibility index (Phi) is 4.62. The lowest BCUT2D eigenvalue weighted by atomic mass is 9.93. The monoisotopic (exact) mass is 225 g/mol. The van der Waals surface area contributed by atoms with Gasteiger partial charge in [0.25, 0.3) is 0 Å². The number of hydrogen-bond donors (Lipinski definition) is 1. The highest BCUT2D eigenvalue weighted by Crippen LogP contribution is 2.19. The van der Waals surface area contributed by atoms with Crippen molar-refractivity contribution in [3.8, 4) is 0 Å². The van der Waals surface area contributed by atoms with Crippen LogP contribution in [0, 0.1) is 5.92 Å². The van der Waals surface area contributed by atoms with Gasteiger partial charge in [-0.1, -0.05) is 13.8 Å². The van der Waals surface area contributed by atoms with E-state index < -0.39 is 0 Å². The number of hydrogen-bond acceptors (Lipinski definition) is 3. The van der Waals surface area contributed by atoms with Crippen molar-refractivity contribution >= 4 is 0 Å². The maximum Gasteiger partial charge on any atom is 0.0146 e. The Bertz CT molecular complexity index is 199. The van der Waals surface area contributed by atoms with Crippen LogP contribution in [0.4, 0.5) is 0 Å².